The number of fused-ring (bicyclic) bond motifs is 1. The Bertz CT molecular complexity index is 1070. The first kappa shape index (κ1) is 22.7. The lowest BCUT2D eigenvalue weighted by Crippen LogP contribution is -2.57. The number of rotatable bonds is 6. The Labute approximate surface area is 177 Å². The number of carboxylic acid groups (broad SMARTS) is 1. The topological polar surface area (TPSA) is 54.4 Å². The van der Waals surface area contributed by atoms with Crippen LogP contribution in [0.5, 0.6) is 0 Å². The number of carbonyl (C=O) groups excluding carboxylic acids is 1. The Kier molecular flexibility index (Phi) is 6.04. The summed E-state index contributed by atoms with van der Waals surface area (Å²) >= 11 is 0. The molecule has 0 fully saturated rings. The molecule has 0 saturated carbocycles. The van der Waals surface area contributed by atoms with Crippen LogP contribution in [0, 0.1) is 5.82 Å². The summed E-state index contributed by atoms with van der Waals surface area (Å²) in [5.74, 6) is -2.79. The third kappa shape index (κ3) is 4.12. The molecule has 1 unspecified atom stereocenters. The molecular weight excluding hydrogens is 414 g/mol. The highest BCUT2D eigenvalue weighted by atomic mass is 19.4. The van der Waals surface area contributed by atoms with Crippen molar-refractivity contribution in [2.75, 3.05) is 6.54 Å². The summed E-state index contributed by atoms with van der Waals surface area (Å²) in [7, 11) is 0. The first-order chi connectivity index (χ1) is 14.5. The minimum absolute atomic E-state index is 0.0834. The maximum atomic E-state index is 13.8. The van der Waals surface area contributed by atoms with E-state index in [0.29, 0.717) is 18.4 Å². The SMILES string of the molecule is CCCC[N+]1(Cc2cccc(F)c2)C(=O)C(C(=O)O)=C(C)c2ccc(C(F)(F)F)cc21. The van der Waals surface area contributed by atoms with Gasteiger partial charge in [-0.15, -0.1) is 0 Å². The number of carboxylic acids is 1. The van der Waals surface area contributed by atoms with E-state index >= 15 is 0 Å². The van der Waals surface area contributed by atoms with Gasteiger partial charge in [0.05, 0.1) is 12.1 Å². The Balaban J connectivity index is 2.34. The molecule has 1 N–H and O–H groups in total. The fourth-order valence-electron chi connectivity index (χ4n) is 4.08. The molecule has 0 spiro atoms. The van der Waals surface area contributed by atoms with E-state index in [4.69, 9.17) is 0 Å². The van der Waals surface area contributed by atoms with Crippen LogP contribution >= 0.6 is 0 Å². The fourth-order valence-corrected chi connectivity index (χ4v) is 4.08. The molecule has 2 aromatic carbocycles. The largest absolute Gasteiger partial charge is 0.477 e. The van der Waals surface area contributed by atoms with Crippen LogP contribution < -0.4 is 4.48 Å². The van der Waals surface area contributed by atoms with Gasteiger partial charge < -0.3 is 5.11 Å². The second-order valence-electron chi connectivity index (χ2n) is 7.67. The van der Waals surface area contributed by atoms with Gasteiger partial charge in [-0.2, -0.15) is 13.2 Å². The highest BCUT2D eigenvalue weighted by molar-refractivity contribution is 6.26. The van der Waals surface area contributed by atoms with E-state index in [0.717, 1.165) is 12.1 Å². The summed E-state index contributed by atoms with van der Waals surface area (Å²) in [6, 6.07) is 8.47. The van der Waals surface area contributed by atoms with Crippen molar-refractivity contribution in [1.29, 1.82) is 0 Å². The van der Waals surface area contributed by atoms with Crippen molar-refractivity contribution in [2.24, 2.45) is 0 Å². The van der Waals surface area contributed by atoms with Crippen LogP contribution in [0.2, 0.25) is 0 Å². The van der Waals surface area contributed by atoms with Crippen molar-refractivity contribution < 1.29 is 32.3 Å². The number of alkyl halides is 3. The molecule has 2 aromatic rings. The summed E-state index contributed by atoms with van der Waals surface area (Å²) < 4.78 is 53.7. The zero-order chi connectivity index (χ0) is 23.0. The van der Waals surface area contributed by atoms with Gasteiger partial charge in [0.25, 0.3) is 0 Å². The monoisotopic (exact) mass is 436 g/mol. The van der Waals surface area contributed by atoms with Crippen LogP contribution in [0.25, 0.3) is 5.57 Å². The number of benzene rings is 2. The molecule has 1 aliphatic rings. The van der Waals surface area contributed by atoms with Crippen molar-refractivity contribution in [1.82, 2.24) is 4.48 Å². The van der Waals surface area contributed by atoms with Crippen LogP contribution in [0.3, 0.4) is 0 Å². The Hall–Kier alpha value is -3.00. The van der Waals surface area contributed by atoms with Gasteiger partial charge >= 0.3 is 18.1 Å². The Morgan fingerprint density at radius 2 is 1.84 bits per heavy atom. The number of hydrogen-bond acceptors (Lipinski definition) is 2. The fraction of sp³-hybridized carbons (Fsp3) is 0.304. The van der Waals surface area contributed by atoms with Gasteiger partial charge in [0.1, 0.15) is 18.0 Å². The third-order valence-electron chi connectivity index (χ3n) is 5.62. The molecule has 1 aliphatic heterocycles. The minimum atomic E-state index is -4.64. The summed E-state index contributed by atoms with van der Waals surface area (Å²) in [6.45, 7) is 3.21. The van der Waals surface area contributed by atoms with Crippen molar-refractivity contribution in [2.45, 2.75) is 39.4 Å². The number of amides is 1. The summed E-state index contributed by atoms with van der Waals surface area (Å²) in [6.07, 6.45) is -3.54. The zero-order valence-corrected chi connectivity index (χ0v) is 17.1. The summed E-state index contributed by atoms with van der Waals surface area (Å²) in [5.41, 5.74) is -0.524. The van der Waals surface area contributed by atoms with Crippen LogP contribution in [0.15, 0.2) is 48.0 Å². The summed E-state index contributed by atoms with van der Waals surface area (Å²) in [4.78, 5) is 25.5. The molecule has 4 nitrogen and oxygen atoms in total. The predicted octanol–water partition coefficient (Wildman–Crippen LogP) is 5.55. The third-order valence-corrected chi connectivity index (χ3v) is 5.62. The first-order valence-electron chi connectivity index (χ1n) is 9.84. The minimum Gasteiger partial charge on any atom is -0.477 e. The second kappa shape index (κ2) is 8.26. The highest BCUT2D eigenvalue weighted by Gasteiger charge is 2.50. The number of hydrogen-bond donors (Lipinski definition) is 1. The van der Waals surface area contributed by atoms with Crippen LogP contribution in [0.4, 0.5) is 23.2 Å². The molecule has 164 valence electrons. The van der Waals surface area contributed by atoms with E-state index in [-0.39, 0.29) is 29.9 Å². The number of allylic oxidation sites excluding steroid dienone is 1. The Morgan fingerprint density at radius 3 is 2.42 bits per heavy atom. The van der Waals surface area contributed by atoms with Gasteiger partial charge in [0, 0.05) is 17.2 Å². The normalized spacial score (nSPS) is 18.8. The molecule has 8 heteroatoms. The lowest BCUT2D eigenvalue weighted by atomic mass is 9.89. The molecule has 0 aliphatic carbocycles. The molecule has 0 bridgehead atoms. The molecule has 1 atom stereocenters. The molecule has 0 saturated heterocycles. The van der Waals surface area contributed by atoms with Crippen molar-refractivity contribution in [3.8, 4) is 0 Å². The molecule has 0 radical (unpaired) electrons. The van der Waals surface area contributed by atoms with E-state index < -0.39 is 39.5 Å². The van der Waals surface area contributed by atoms with Gasteiger partial charge in [0.15, 0.2) is 5.57 Å². The lowest BCUT2D eigenvalue weighted by molar-refractivity contribution is -0.139. The standard InChI is InChI=1S/C23H21F4NO3/c1-3-4-10-28(13-15-6-5-7-17(24)11-15)19-12-16(23(25,26)27)8-9-18(19)14(2)20(21(28)29)22(30)31/h5-9,11-12H,3-4,10,13H2,1-2H3/p+1. The van der Waals surface area contributed by atoms with E-state index in [1.807, 2.05) is 6.92 Å². The average Bonchev–Trinajstić information content (AvgIpc) is 2.69. The lowest BCUT2D eigenvalue weighted by Gasteiger charge is -2.40. The molecule has 1 heterocycles. The number of carbonyl (C=O) groups is 2. The van der Waals surface area contributed by atoms with Crippen LogP contribution in [-0.4, -0.2) is 23.5 Å². The molecule has 31 heavy (non-hydrogen) atoms. The maximum absolute atomic E-state index is 13.8. The second-order valence-corrected chi connectivity index (χ2v) is 7.67. The molecule has 1 amide bonds. The van der Waals surface area contributed by atoms with E-state index in [9.17, 15) is 32.3 Å². The summed E-state index contributed by atoms with van der Waals surface area (Å²) in [5, 5.41) is 9.73. The average molecular weight is 436 g/mol. The van der Waals surface area contributed by atoms with Gasteiger partial charge in [-0.05, 0) is 43.2 Å². The smallest absolute Gasteiger partial charge is 0.416 e. The molecule has 0 aromatic heterocycles. The van der Waals surface area contributed by atoms with Crippen LogP contribution in [-0.2, 0) is 22.3 Å². The quantitative estimate of drug-likeness (QED) is 0.367. The first-order valence-corrected chi connectivity index (χ1v) is 9.84. The molecular formula is C23H22F4NO3+. The van der Waals surface area contributed by atoms with Crippen LogP contribution in [0.1, 0.15) is 43.4 Å². The van der Waals surface area contributed by atoms with E-state index in [2.05, 4.69) is 0 Å². The Morgan fingerprint density at radius 1 is 1.13 bits per heavy atom. The number of unbranched alkanes of at least 4 members (excludes halogenated alkanes) is 1. The maximum Gasteiger partial charge on any atom is 0.416 e. The van der Waals surface area contributed by atoms with Crippen molar-refractivity contribution in [3.05, 3.63) is 70.5 Å². The number of quaternary nitrogens is 1. The number of nitrogens with zero attached hydrogens (tertiary/aromatic N) is 1. The number of halogens is 4. The zero-order valence-electron chi connectivity index (χ0n) is 17.1. The van der Waals surface area contributed by atoms with Gasteiger partial charge in [-0.3, -0.25) is 0 Å². The predicted molar refractivity (Wildman–Crippen MR) is 108 cm³/mol. The molecule has 3 rings (SSSR count). The van der Waals surface area contributed by atoms with Gasteiger partial charge in [0.2, 0.25) is 0 Å². The van der Waals surface area contributed by atoms with E-state index in [1.165, 1.54) is 31.2 Å². The highest BCUT2D eigenvalue weighted by Crippen LogP contribution is 2.45. The number of aliphatic carboxylic acids is 1. The van der Waals surface area contributed by atoms with E-state index in [1.54, 1.807) is 6.07 Å². The van der Waals surface area contributed by atoms with Crippen molar-refractivity contribution in [3.63, 3.8) is 0 Å². The van der Waals surface area contributed by atoms with Gasteiger partial charge in [-0.25, -0.2) is 18.5 Å². The van der Waals surface area contributed by atoms with Crippen molar-refractivity contribution >= 4 is 23.1 Å². The van der Waals surface area contributed by atoms with Gasteiger partial charge in [-0.1, -0.05) is 25.5 Å².